The molecule has 0 aromatic heterocycles. The maximum absolute atomic E-state index is 14.3. The van der Waals surface area contributed by atoms with Crippen LogP contribution in [0.2, 0.25) is 0 Å². The predicted molar refractivity (Wildman–Crippen MR) is 83.4 cm³/mol. The summed E-state index contributed by atoms with van der Waals surface area (Å²) in [5, 5.41) is 3.21. The molecule has 0 aliphatic heterocycles. The van der Waals surface area contributed by atoms with Crippen LogP contribution in [0.3, 0.4) is 0 Å². The van der Waals surface area contributed by atoms with Gasteiger partial charge in [-0.3, -0.25) is 0 Å². The number of aryl methyl sites for hydroxylation is 3. The first kappa shape index (κ1) is 14.7. The van der Waals surface area contributed by atoms with E-state index in [2.05, 4.69) is 31.3 Å². The average molecular weight is 271 g/mol. The molecule has 0 atom stereocenters. The van der Waals surface area contributed by atoms with Crippen LogP contribution in [0.4, 0.5) is 4.39 Å². The van der Waals surface area contributed by atoms with Gasteiger partial charge in [0.15, 0.2) is 0 Å². The van der Waals surface area contributed by atoms with E-state index in [4.69, 9.17) is 0 Å². The van der Waals surface area contributed by atoms with Crippen LogP contribution in [0.25, 0.3) is 11.1 Å². The average Bonchev–Trinajstić information content (AvgIpc) is 2.41. The first-order valence-corrected chi connectivity index (χ1v) is 7.10. The van der Waals surface area contributed by atoms with Crippen LogP contribution in [0.15, 0.2) is 30.3 Å². The minimum absolute atomic E-state index is 0.147. The van der Waals surface area contributed by atoms with Crippen molar-refractivity contribution in [2.45, 2.75) is 34.2 Å². The van der Waals surface area contributed by atoms with E-state index in [1.54, 1.807) is 6.07 Å². The van der Waals surface area contributed by atoms with Gasteiger partial charge < -0.3 is 5.32 Å². The molecular weight excluding hydrogens is 249 g/mol. The van der Waals surface area contributed by atoms with Crippen LogP contribution >= 0.6 is 0 Å². The second-order valence-corrected chi connectivity index (χ2v) is 5.35. The zero-order chi connectivity index (χ0) is 14.7. The summed E-state index contributed by atoms with van der Waals surface area (Å²) in [5.74, 6) is -0.147. The summed E-state index contributed by atoms with van der Waals surface area (Å²) in [7, 11) is 0. The van der Waals surface area contributed by atoms with Gasteiger partial charge in [-0.15, -0.1) is 0 Å². The molecule has 0 fully saturated rings. The molecule has 0 heterocycles. The number of benzene rings is 2. The molecular formula is C18H22FN. The van der Waals surface area contributed by atoms with Gasteiger partial charge in [-0.25, -0.2) is 4.39 Å². The molecule has 0 aliphatic carbocycles. The minimum atomic E-state index is -0.147. The molecule has 2 aromatic rings. The van der Waals surface area contributed by atoms with Gasteiger partial charge >= 0.3 is 0 Å². The van der Waals surface area contributed by atoms with Gasteiger partial charge in [0.1, 0.15) is 5.82 Å². The predicted octanol–water partition coefficient (Wildman–Crippen LogP) is 4.53. The summed E-state index contributed by atoms with van der Waals surface area (Å²) in [6.45, 7) is 9.83. The lowest BCUT2D eigenvalue weighted by atomic mass is 9.94. The molecule has 106 valence electrons. The summed E-state index contributed by atoms with van der Waals surface area (Å²) in [6.07, 6.45) is 0. The first-order chi connectivity index (χ1) is 9.52. The smallest absolute Gasteiger partial charge is 0.131 e. The van der Waals surface area contributed by atoms with Crippen molar-refractivity contribution >= 4 is 0 Å². The Bertz CT molecular complexity index is 617. The highest BCUT2D eigenvalue weighted by Gasteiger charge is 2.10. The Morgan fingerprint density at radius 1 is 0.900 bits per heavy atom. The van der Waals surface area contributed by atoms with Crippen LogP contribution in [-0.4, -0.2) is 6.54 Å². The van der Waals surface area contributed by atoms with Crippen LogP contribution < -0.4 is 5.32 Å². The van der Waals surface area contributed by atoms with Crippen LogP contribution in [-0.2, 0) is 6.54 Å². The summed E-state index contributed by atoms with van der Waals surface area (Å²) >= 11 is 0. The zero-order valence-electron chi connectivity index (χ0n) is 12.7. The number of hydrogen-bond donors (Lipinski definition) is 1. The van der Waals surface area contributed by atoms with E-state index in [0.717, 1.165) is 23.2 Å². The highest BCUT2D eigenvalue weighted by atomic mass is 19.1. The van der Waals surface area contributed by atoms with E-state index < -0.39 is 0 Å². The lowest BCUT2D eigenvalue weighted by Crippen LogP contribution is -2.11. The topological polar surface area (TPSA) is 12.0 Å². The molecule has 0 aliphatic rings. The van der Waals surface area contributed by atoms with E-state index in [1.165, 1.54) is 11.1 Å². The summed E-state index contributed by atoms with van der Waals surface area (Å²) in [4.78, 5) is 0. The number of rotatable bonds is 4. The normalized spacial score (nSPS) is 10.8. The second kappa shape index (κ2) is 6.19. The van der Waals surface area contributed by atoms with Gasteiger partial charge in [0.05, 0.1) is 0 Å². The van der Waals surface area contributed by atoms with Crippen molar-refractivity contribution < 1.29 is 4.39 Å². The molecule has 2 aromatic carbocycles. The van der Waals surface area contributed by atoms with Crippen LogP contribution in [0.5, 0.6) is 0 Å². The fourth-order valence-electron chi connectivity index (χ4n) is 2.41. The van der Waals surface area contributed by atoms with Crippen molar-refractivity contribution in [3.8, 4) is 11.1 Å². The standard InChI is InChI=1S/C18H22FN/c1-5-20-11-15-6-7-16(18(19)10-15)17-9-13(3)12(2)8-14(17)4/h6-10,20H,5,11H2,1-4H3. The molecule has 2 heteroatoms. The third-order valence-electron chi connectivity index (χ3n) is 3.74. The Labute approximate surface area is 120 Å². The quantitative estimate of drug-likeness (QED) is 0.861. The van der Waals surface area contributed by atoms with Crippen LogP contribution in [0.1, 0.15) is 29.2 Å². The second-order valence-electron chi connectivity index (χ2n) is 5.35. The number of halogens is 1. The lowest BCUT2D eigenvalue weighted by molar-refractivity contribution is 0.625. The van der Waals surface area contributed by atoms with Crippen molar-refractivity contribution in [1.82, 2.24) is 5.32 Å². The van der Waals surface area contributed by atoms with Gasteiger partial charge in [-0.1, -0.05) is 31.2 Å². The van der Waals surface area contributed by atoms with Crippen LogP contribution in [0, 0.1) is 26.6 Å². The third kappa shape index (κ3) is 3.07. The fraction of sp³-hybridized carbons (Fsp3) is 0.333. The highest BCUT2D eigenvalue weighted by Crippen LogP contribution is 2.29. The fourth-order valence-corrected chi connectivity index (χ4v) is 2.41. The number of nitrogens with one attached hydrogen (secondary N) is 1. The van der Waals surface area contributed by atoms with E-state index in [-0.39, 0.29) is 5.82 Å². The monoisotopic (exact) mass is 271 g/mol. The Balaban J connectivity index is 2.41. The summed E-state index contributed by atoms with van der Waals surface area (Å²) < 4.78 is 14.3. The molecule has 0 amide bonds. The molecule has 0 saturated heterocycles. The summed E-state index contributed by atoms with van der Waals surface area (Å²) in [5.41, 5.74) is 6.21. The lowest BCUT2D eigenvalue weighted by Gasteiger charge is -2.12. The van der Waals surface area contributed by atoms with Gasteiger partial charge in [0, 0.05) is 12.1 Å². The minimum Gasteiger partial charge on any atom is -0.313 e. The van der Waals surface area contributed by atoms with Crippen molar-refractivity contribution in [3.63, 3.8) is 0 Å². The Morgan fingerprint density at radius 3 is 2.25 bits per heavy atom. The molecule has 0 unspecified atom stereocenters. The molecule has 0 radical (unpaired) electrons. The molecule has 0 saturated carbocycles. The van der Waals surface area contributed by atoms with E-state index in [0.29, 0.717) is 12.1 Å². The SMILES string of the molecule is CCNCc1ccc(-c2cc(C)c(C)cc2C)c(F)c1. The van der Waals surface area contributed by atoms with E-state index in [9.17, 15) is 4.39 Å². The third-order valence-corrected chi connectivity index (χ3v) is 3.74. The molecule has 20 heavy (non-hydrogen) atoms. The number of hydrogen-bond acceptors (Lipinski definition) is 1. The van der Waals surface area contributed by atoms with Crippen molar-refractivity contribution in [3.05, 3.63) is 58.4 Å². The van der Waals surface area contributed by atoms with Gasteiger partial charge in [-0.05, 0) is 61.2 Å². The molecule has 2 rings (SSSR count). The largest absolute Gasteiger partial charge is 0.313 e. The Kier molecular flexibility index (Phi) is 4.56. The van der Waals surface area contributed by atoms with Gasteiger partial charge in [0.25, 0.3) is 0 Å². The first-order valence-electron chi connectivity index (χ1n) is 7.10. The molecule has 1 nitrogen and oxygen atoms in total. The molecule has 0 spiro atoms. The van der Waals surface area contributed by atoms with Crippen molar-refractivity contribution in [2.24, 2.45) is 0 Å². The highest BCUT2D eigenvalue weighted by molar-refractivity contribution is 5.69. The molecule has 1 N–H and O–H groups in total. The van der Waals surface area contributed by atoms with Crippen molar-refractivity contribution in [1.29, 1.82) is 0 Å². The van der Waals surface area contributed by atoms with Gasteiger partial charge in [0.2, 0.25) is 0 Å². The maximum Gasteiger partial charge on any atom is 0.131 e. The van der Waals surface area contributed by atoms with E-state index in [1.807, 2.05) is 26.0 Å². The van der Waals surface area contributed by atoms with E-state index >= 15 is 0 Å². The zero-order valence-corrected chi connectivity index (χ0v) is 12.7. The Morgan fingerprint density at radius 2 is 1.60 bits per heavy atom. The maximum atomic E-state index is 14.3. The summed E-state index contributed by atoms with van der Waals surface area (Å²) in [6, 6.07) is 9.71. The van der Waals surface area contributed by atoms with Gasteiger partial charge in [-0.2, -0.15) is 0 Å². The Hall–Kier alpha value is -1.67. The van der Waals surface area contributed by atoms with Crippen molar-refractivity contribution in [2.75, 3.05) is 6.54 Å². The molecule has 0 bridgehead atoms.